The quantitative estimate of drug-likeness (QED) is 0.531. The number of thiophene rings is 1. The highest BCUT2D eigenvalue weighted by atomic mass is 32.1. The van der Waals surface area contributed by atoms with Crippen LogP contribution in [0.3, 0.4) is 0 Å². The summed E-state index contributed by atoms with van der Waals surface area (Å²) in [6.45, 7) is 4.99. The van der Waals surface area contributed by atoms with Crippen molar-refractivity contribution in [1.82, 2.24) is 25.3 Å². The van der Waals surface area contributed by atoms with Gasteiger partial charge in [-0.15, -0.1) is 11.3 Å². The van der Waals surface area contributed by atoms with E-state index >= 15 is 0 Å². The van der Waals surface area contributed by atoms with Crippen molar-refractivity contribution in [2.45, 2.75) is 32.0 Å². The molecule has 0 fully saturated rings. The highest BCUT2D eigenvalue weighted by Crippen LogP contribution is 2.40. The number of aromatic amines is 1. The van der Waals surface area contributed by atoms with Gasteiger partial charge in [-0.3, -0.25) is 9.89 Å². The van der Waals surface area contributed by atoms with Crippen LogP contribution in [0, 0.1) is 0 Å². The summed E-state index contributed by atoms with van der Waals surface area (Å²) in [6, 6.07) is 13.3. The number of nitrogens with one attached hydrogen (secondary N) is 3. The van der Waals surface area contributed by atoms with E-state index in [9.17, 15) is 9.59 Å². The third-order valence-electron chi connectivity index (χ3n) is 5.74. The molecule has 1 aliphatic rings. The fraction of sp³-hybridized carbons (Fsp3) is 0.348. The van der Waals surface area contributed by atoms with Crippen LogP contribution in [0.1, 0.15) is 46.4 Å². The topological polar surface area (TPSA) is 93.4 Å². The first-order valence-corrected chi connectivity index (χ1v) is 11.4. The lowest BCUT2D eigenvalue weighted by molar-refractivity contribution is 0.103. The van der Waals surface area contributed by atoms with Crippen LogP contribution in [-0.2, 0) is 12.1 Å². The van der Waals surface area contributed by atoms with E-state index in [1.165, 1.54) is 11.3 Å². The minimum Gasteiger partial charge on any atom is -0.330 e. The minimum absolute atomic E-state index is 0.149. The van der Waals surface area contributed by atoms with Gasteiger partial charge in [-0.05, 0) is 45.0 Å². The Balaban J connectivity index is 1.53. The average molecular weight is 453 g/mol. The Labute approximate surface area is 191 Å². The standard InChI is InChI=1S/C23H28N6O2S/c1-23(2)19-16(20(27-26-19)25-21(30)18-11-8-12-32-18)13-29(23)22(31)24-17(14-28(3)4)15-9-6-5-7-10-15/h5-12,17H,13-14H2,1-4H3,(H,24,31)(H2,25,26,27,30). The Hall–Kier alpha value is -3.17. The van der Waals surface area contributed by atoms with Gasteiger partial charge in [-0.25, -0.2) is 4.79 Å². The fourth-order valence-corrected chi connectivity index (χ4v) is 4.65. The zero-order valence-corrected chi connectivity index (χ0v) is 19.5. The normalized spacial score (nSPS) is 15.5. The molecule has 0 spiro atoms. The van der Waals surface area contributed by atoms with Crippen LogP contribution < -0.4 is 10.6 Å². The Kier molecular flexibility index (Phi) is 6.03. The maximum absolute atomic E-state index is 13.4. The molecule has 0 aliphatic carbocycles. The van der Waals surface area contributed by atoms with Gasteiger partial charge in [0.25, 0.3) is 5.91 Å². The van der Waals surface area contributed by atoms with Crippen molar-refractivity contribution in [2.75, 3.05) is 26.0 Å². The second kappa shape index (κ2) is 8.76. The number of benzene rings is 1. The monoisotopic (exact) mass is 452 g/mol. The van der Waals surface area contributed by atoms with E-state index in [0.29, 0.717) is 23.8 Å². The number of H-pyrrole nitrogens is 1. The highest BCUT2D eigenvalue weighted by Gasteiger charge is 2.44. The number of nitrogens with zero attached hydrogens (tertiary/aromatic N) is 3. The Bertz CT molecular complexity index is 1090. The molecule has 8 nitrogen and oxygen atoms in total. The van der Waals surface area contributed by atoms with Crippen molar-refractivity contribution >= 4 is 29.1 Å². The summed E-state index contributed by atoms with van der Waals surface area (Å²) in [7, 11) is 3.97. The van der Waals surface area contributed by atoms with Crippen LogP contribution in [0.5, 0.6) is 0 Å². The van der Waals surface area contributed by atoms with Crippen molar-refractivity contribution in [1.29, 1.82) is 0 Å². The Morgan fingerprint density at radius 2 is 1.97 bits per heavy atom. The largest absolute Gasteiger partial charge is 0.330 e. The molecule has 32 heavy (non-hydrogen) atoms. The first kappa shape index (κ1) is 22.0. The van der Waals surface area contributed by atoms with Crippen molar-refractivity contribution in [2.24, 2.45) is 0 Å². The lowest BCUT2D eigenvalue weighted by atomic mass is 10.0. The predicted molar refractivity (Wildman–Crippen MR) is 126 cm³/mol. The summed E-state index contributed by atoms with van der Waals surface area (Å²) in [4.78, 5) is 30.3. The van der Waals surface area contributed by atoms with Gasteiger partial charge in [0, 0.05) is 12.1 Å². The first-order chi connectivity index (χ1) is 15.3. The van der Waals surface area contributed by atoms with E-state index in [4.69, 9.17) is 0 Å². The van der Waals surface area contributed by atoms with Gasteiger partial charge in [0.05, 0.1) is 28.7 Å². The molecular formula is C23H28N6O2S. The van der Waals surface area contributed by atoms with Crippen molar-refractivity contribution in [3.63, 3.8) is 0 Å². The summed E-state index contributed by atoms with van der Waals surface area (Å²) in [5.74, 6) is 0.264. The number of carbonyl (C=O) groups is 2. The van der Waals surface area contributed by atoms with Crippen LogP contribution in [0.2, 0.25) is 0 Å². The second-order valence-electron chi connectivity index (χ2n) is 8.68. The summed E-state index contributed by atoms with van der Waals surface area (Å²) in [5, 5.41) is 15.3. The molecule has 2 aromatic heterocycles. The van der Waals surface area contributed by atoms with Crippen LogP contribution in [0.15, 0.2) is 47.8 Å². The van der Waals surface area contributed by atoms with E-state index in [2.05, 4.69) is 25.7 Å². The molecule has 3 heterocycles. The maximum atomic E-state index is 13.4. The molecule has 168 valence electrons. The number of likely N-dealkylation sites (N-methyl/N-ethyl adjacent to an activating group) is 1. The second-order valence-corrected chi connectivity index (χ2v) is 9.63. The molecule has 0 bridgehead atoms. The number of rotatable bonds is 6. The smallest absolute Gasteiger partial charge is 0.319 e. The molecule has 1 atom stereocenters. The Morgan fingerprint density at radius 1 is 1.22 bits per heavy atom. The molecule has 0 saturated heterocycles. The maximum Gasteiger partial charge on any atom is 0.319 e. The SMILES string of the molecule is CN(C)CC(NC(=O)N1Cc2c(NC(=O)c3cccs3)n[nH]c2C1(C)C)c1ccccc1. The van der Waals surface area contributed by atoms with Gasteiger partial charge in [0.15, 0.2) is 5.82 Å². The number of carbonyl (C=O) groups excluding carboxylic acids is 2. The number of amides is 3. The van der Waals surface area contributed by atoms with Crippen molar-refractivity contribution in [3.8, 4) is 0 Å². The first-order valence-electron chi connectivity index (χ1n) is 10.5. The van der Waals surface area contributed by atoms with E-state index < -0.39 is 5.54 Å². The minimum atomic E-state index is -0.600. The molecule has 1 aliphatic heterocycles. The third-order valence-corrected chi connectivity index (χ3v) is 6.61. The molecule has 0 radical (unpaired) electrons. The molecular weight excluding hydrogens is 424 g/mol. The number of urea groups is 1. The fourth-order valence-electron chi connectivity index (χ4n) is 4.03. The average Bonchev–Trinajstić information content (AvgIpc) is 3.47. The van der Waals surface area contributed by atoms with Gasteiger partial charge in [0.2, 0.25) is 0 Å². The zero-order valence-electron chi connectivity index (χ0n) is 18.7. The zero-order chi connectivity index (χ0) is 22.9. The van der Waals surface area contributed by atoms with Crippen LogP contribution in [0.25, 0.3) is 0 Å². The molecule has 4 rings (SSSR count). The Morgan fingerprint density at radius 3 is 2.62 bits per heavy atom. The number of hydrogen-bond acceptors (Lipinski definition) is 5. The molecule has 3 N–H and O–H groups in total. The molecule has 3 aromatic rings. The number of anilines is 1. The van der Waals surface area contributed by atoms with Gasteiger partial charge < -0.3 is 20.4 Å². The van der Waals surface area contributed by atoms with Crippen LogP contribution in [-0.4, -0.2) is 52.6 Å². The van der Waals surface area contributed by atoms with Crippen molar-refractivity contribution < 1.29 is 9.59 Å². The number of fused-ring (bicyclic) bond motifs is 1. The summed E-state index contributed by atoms with van der Waals surface area (Å²) < 4.78 is 0. The van der Waals surface area contributed by atoms with Gasteiger partial charge in [-0.1, -0.05) is 36.4 Å². The molecule has 1 unspecified atom stereocenters. The van der Waals surface area contributed by atoms with E-state index in [0.717, 1.165) is 16.8 Å². The summed E-state index contributed by atoms with van der Waals surface area (Å²) in [6.07, 6.45) is 0. The van der Waals surface area contributed by atoms with Gasteiger partial charge >= 0.3 is 6.03 Å². The van der Waals surface area contributed by atoms with Crippen molar-refractivity contribution in [3.05, 3.63) is 69.5 Å². The lowest BCUT2D eigenvalue weighted by Gasteiger charge is -2.34. The van der Waals surface area contributed by atoms with E-state index in [1.54, 1.807) is 11.0 Å². The predicted octanol–water partition coefficient (Wildman–Crippen LogP) is 3.79. The van der Waals surface area contributed by atoms with Crippen LogP contribution >= 0.6 is 11.3 Å². The summed E-state index contributed by atoms with van der Waals surface area (Å²) in [5.41, 5.74) is 2.12. The van der Waals surface area contributed by atoms with Gasteiger partial charge in [0.1, 0.15) is 0 Å². The van der Waals surface area contributed by atoms with Crippen LogP contribution in [0.4, 0.5) is 10.6 Å². The van der Waals surface area contributed by atoms with Gasteiger partial charge in [-0.2, -0.15) is 5.10 Å². The molecule has 9 heteroatoms. The molecule has 0 saturated carbocycles. The number of aromatic nitrogens is 2. The van der Waals surface area contributed by atoms with E-state index in [-0.39, 0.29) is 18.0 Å². The number of hydrogen-bond donors (Lipinski definition) is 3. The highest BCUT2D eigenvalue weighted by molar-refractivity contribution is 7.12. The molecule has 1 aromatic carbocycles. The molecule has 3 amide bonds. The van der Waals surface area contributed by atoms with E-state index in [1.807, 2.05) is 69.7 Å². The summed E-state index contributed by atoms with van der Waals surface area (Å²) >= 11 is 1.37. The lowest BCUT2D eigenvalue weighted by Crippen LogP contribution is -2.48. The third kappa shape index (κ3) is 4.26.